The lowest BCUT2D eigenvalue weighted by Crippen LogP contribution is -1.84. The van der Waals surface area contributed by atoms with Gasteiger partial charge in [-0.15, -0.1) is 0 Å². The first-order valence-electron chi connectivity index (χ1n) is 4.73. The van der Waals surface area contributed by atoms with Gasteiger partial charge in [-0.3, -0.25) is 0 Å². The van der Waals surface area contributed by atoms with E-state index < -0.39 is 0 Å². The Morgan fingerprint density at radius 3 is 2.40 bits per heavy atom. The molecule has 2 aromatic rings. The molecule has 15 heavy (non-hydrogen) atoms. The molecule has 0 aromatic heterocycles. The monoisotopic (exact) mass is 218 g/mol. The summed E-state index contributed by atoms with van der Waals surface area (Å²) in [5, 5.41) is 10.5. The predicted molar refractivity (Wildman–Crippen MR) is 63.3 cm³/mol. The fourth-order valence-electron chi connectivity index (χ4n) is 1.67. The standard InChI is InChI=1S/C13H11ClO/c1-9-5-4-8-12(15)13(9)10-6-2-3-7-11(10)14/h2-8,15H,1H3. The van der Waals surface area contributed by atoms with Gasteiger partial charge in [-0.1, -0.05) is 41.9 Å². The summed E-state index contributed by atoms with van der Waals surface area (Å²) in [6.07, 6.45) is 0. The first kappa shape index (κ1) is 10.1. The van der Waals surface area contributed by atoms with Crippen LogP contribution in [0.15, 0.2) is 42.5 Å². The topological polar surface area (TPSA) is 20.2 Å². The summed E-state index contributed by atoms with van der Waals surface area (Å²) in [5.74, 6) is 0.267. The van der Waals surface area contributed by atoms with E-state index in [4.69, 9.17) is 11.6 Å². The number of halogens is 1. The zero-order valence-electron chi connectivity index (χ0n) is 8.37. The van der Waals surface area contributed by atoms with Crippen LogP contribution in [0, 0.1) is 6.92 Å². The second-order valence-electron chi connectivity index (χ2n) is 3.45. The molecule has 0 aliphatic heterocycles. The molecule has 0 amide bonds. The van der Waals surface area contributed by atoms with Crippen molar-refractivity contribution in [1.29, 1.82) is 0 Å². The van der Waals surface area contributed by atoms with Gasteiger partial charge in [0.15, 0.2) is 0 Å². The highest BCUT2D eigenvalue weighted by molar-refractivity contribution is 6.33. The first-order valence-corrected chi connectivity index (χ1v) is 5.11. The molecule has 0 spiro atoms. The van der Waals surface area contributed by atoms with Gasteiger partial charge in [-0.2, -0.15) is 0 Å². The summed E-state index contributed by atoms with van der Waals surface area (Å²) in [7, 11) is 0. The molecule has 2 rings (SSSR count). The van der Waals surface area contributed by atoms with Crippen LogP contribution in [0.4, 0.5) is 0 Å². The van der Waals surface area contributed by atoms with Gasteiger partial charge in [-0.25, -0.2) is 0 Å². The third kappa shape index (κ3) is 1.83. The molecular weight excluding hydrogens is 208 g/mol. The van der Waals surface area contributed by atoms with Gasteiger partial charge in [0, 0.05) is 16.1 Å². The lowest BCUT2D eigenvalue weighted by molar-refractivity contribution is 0.477. The highest BCUT2D eigenvalue weighted by Crippen LogP contribution is 2.36. The molecular formula is C13H11ClO. The SMILES string of the molecule is Cc1cccc(O)c1-c1ccccc1Cl. The number of benzene rings is 2. The van der Waals surface area contributed by atoms with E-state index in [1.807, 2.05) is 43.3 Å². The number of phenolic OH excluding ortho intramolecular Hbond substituents is 1. The zero-order chi connectivity index (χ0) is 10.8. The van der Waals surface area contributed by atoms with Crippen LogP contribution in [-0.2, 0) is 0 Å². The van der Waals surface area contributed by atoms with Crippen LogP contribution in [0.1, 0.15) is 5.56 Å². The van der Waals surface area contributed by atoms with Crippen LogP contribution in [0.3, 0.4) is 0 Å². The van der Waals surface area contributed by atoms with Crippen molar-refractivity contribution in [3.63, 3.8) is 0 Å². The fraction of sp³-hybridized carbons (Fsp3) is 0.0769. The van der Waals surface area contributed by atoms with Gasteiger partial charge < -0.3 is 5.11 Å². The smallest absolute Gasteiger partial charge is 0.123 e. The highest BCUT2D eigenvalue weighted by atomic mass is 35.5. The number of hydrogen-bond acceptors (Lipinski definition) is 1. The highest BCUT2D eigenvalue weighted by Gasteiger charge is 2.09. The largest absolute Gasteiger partial charge is 0.507 e. The molecule has 76 valence electrons. The zero-order valence-corrected chi connectivity index (χ0v) is 9.12. The summed E-state index contributed by atoms with van der Waals surface area (Å²) >= 11 is 6.09. The first-order chi connectivity index (χ1) is 7.20. The maximum Gasteiger partial charge on any atom is 0.123 e. The Kier molecular flexibility index (Phi) is 2.65. The number of phenols is 1. The third-order valence-corrected chi connectivity index (χ3v) is 2.72. The van der Waals surface area contributed by atoms with Crippen LogP contribution in [-0.4, -0.2) is 5.11 Å². The minimum atomic E-state index is 0.267. The average molecular weight is 219 g/mol. The minimum Gasteiger partial charge on any atom is -0.507 e. The quantitative estimate of drug-likeness (QED) is 0.767. The maximum absolute atomic E-state index is 9.81. The third-order valence-electron chi connectivity index (χ3n) is 2.39. The molecule has 2 aromatic carbocycles. The van der Waals surface area contributed by atoms with E-state index in [1.54, 1.807) is 6.07 Å². The molecule has 0 atom stereocenters. The molecule has 0 unspecified atom stereocenters. The molecule has 0 bridgehead atoms. The van der Waals surface area contributed by atoms with E-state index in [1.165, 1.54) is 0 Å². The molecule has 2 heteroatoms. The number of rotatable bonds is 1. The lowest BCUT2D eigenvalue weighted by Gasteiger charge is -2.09. The number of hydrogen-bond donors (Lipinski definition) is 1. The van der Waals surface area contributed by atoms with Gasteiger partial charge in [0.25, 0.3) is 0 Å². The molecule has 0 saturated carbocycles. The number of aromatic hydroxyl groups is 1. The average Bonchev–Trinajstić information content (AvgIpc) is 2.20. The van der Waals surface area contributed by atoms with Crippen LogP contribution in [0.2, 0.25) is 5.02 Å². The molecule has 0 saturated heterocycles. The van der Waals surface area contributed by atoms with E-state index in [0.717, 1.165) is 16.7 Å². The van der Waals surface area contributed by atoms with Gasteiger partial charge in [0.1, 0.15) is 5.75 Å². The Labute approximate surface area is 94.0 Å². The van der Waals surface area contributed by atoms with Crippen molar-refractivity contribution < 1.29 is 5.11 Å². The Balaban J connectivity index is 2.69. The normalized spacial score (nSPS) is 10.3. The molecule has 0 fully saturated rings. The second kappa shape index (κ2) is 3.95. The van der Waals surface area contributed by atoms with Crippen molar-refractivity contribution in [3.8, 4) is 16.9 Å². The van der Waals surface area contributed by atoms with Crippen molar-refractivity contribution in [3.05, 3.63) is 53.1 Å². The maximum atomic E-state index is 9.81. The van der Waals surface area contributed by atoms with Crippen LogP contribution in [0.25, 0.3) is 11.1 Å². The Morgan fingerprint density at radius 1 is 1.00 bits per heavy atom. The van der Waals surface area contributed by atoms with Crippen molar-refractivity contribution in [2.75, 3.05) is 0 Å². The molecule has 1 nitrogen and oxygen atoms in total. The summed E-state index contributed by atoms with van der Waals surface area (Å²) in [5.41, 5.74) is 2.70. The molecule has 0 aliphatic carbocycles. The Hall–Kier alpha value is -1.47. The van der Waals surface area contributed by atoms with Gasteiger partial charge in [-0.05, 0) is 24.6 Å². The van der Waals surface area contributed by atoms with E-state index in [2.05, 4.69) is 0 Å². The van der Waals surface area contributed by atoms with Crippen LogP contribution < -0.4 is 0 Å². The molecule has 0 aliphatic rings. The van der Waals surface area contributed by atoms with Crippen LogP contribution in [0.5, 0.6) is 5.75 Å². The Bertz CT molecular complexity index is 471. The number of aryl methyl sites for hydroxylation is 1. The van der Waals surface area contributed by atoms with E-state index in [0.29, 0.717) is 5.02 Å². The van der Waals surface area contributed by atoms with Gasteiger partial charge in [0.05, 0.1) is 0 Å². The summed E-state index contributed by atoms with van der Waals surface area (Å²) < 4.78 is 0. The van der Waals surface area contributed by atoms with Gasteiger partial charge >= 0.3 is 0 Å². The molecule has 0 heterocycles. The van der Waals surface area contributed by atoms with E-state index >= 15 is 0 Å². The Morgan fingerprint density at radius 2 is 1.73 bits per heavy atom. The lowest BCUT2D eigenvalue weighted by atomic mass is 9.99. The fourth-order valence-corrected chi connectivity index (χ4v) is 1.90. The molecule has 0 radical (unpaired) electrons. The van der Waals surface area contributed by atoms with Crippen molar-refractivity contribution in [2.24, 2.45) is 0 Å². The predicted octanol–water partition coefficient (Wildman–Crippen LogP) is 4.02. The summed E-state index contributed by atoms with van der Waals surface area (Å²) in [4.78, 5) is 0. The second-order valence-corrected chi connectivity index (χ2v) is 3.86. The minimum absolute atomic E-state index is 0.267. The van der Waals surface area contributed by atoms with E-state index in [-0.39, 0.29) is 5.75 Å². The van der Waals surface area contributed by atoms with Crippen molar-refractivity contribution >= 4 is 11.6 Å². The van der Waals surface area contributed by atoms with Crippen molar-refractivity contribution in [1.82, 2.24) is 0 Å². The van der Waals surface area contributed by atoms with Gasteiger partial charge in [0.2, 0.25) is 0 Å². The van der Waals surface area contributed by atoms with E-state index in [9.17, 15) is 5.11 Å². The summed E-state index contributed by atoms with van der Waals surface area (Å²) in [6, 6.07) is 13.0. The van der Waals surface area contributed by atoms with Crippen molar-refractivity contribution in [2.45, 2.75) is 6.92 Å². The molecule has 1 N–H and O–H groups in total. The van der Waals surface area contributed by atoms with Crippen LogP contribution >= 0.6 is 11.6 Å². The summed E-state index contributed by atoms with van der Waals surface area (Å²) in [6.45, 7) is 1.96.